The summed E-state index contributed by atoms with van der Waals surface area (Å²) in [6.07, 6.45) is 6.73. The van der Waals surface area contributed by atoms with E-state index in [2.05, 4.69) is 63.1 Å². The van der Waals surface area contributed by atoms with Gasteiger partial charge in [0.1, 0.15) is 0 Å². The molecule has 1 heterocycles. The van der Waals surface area contributed by atoms with E-state index in [1.165, 1.54) is 43.2 Å². The molecular formula is C26H33BrN4O. The number of aryl methyl sites for hydroxylation is 2. The van der Waals surface area contributed by atoms with Crippen LogP contribution in [0.3, 0.4) is 0 Å². The van der Waals surface area contributed by atoms with Crippen molar-refractivity contribution in [3.63, 3.8) is 0 Å². The predicted octanol–water partition coefficient (Wildman–Crippen LogP) is 5.43. The Balaban J connectivity index is 1.53. The molecule has 2 aliphatic rings. The average Bonchev–Trinajstić information content (AvgIpc) is 2.79. The fourth-order valence-electron chi connectivity index (χ4n) is 4.86. The Kier molecular flexibility index (Phi) is 7.63. The number of rotatable bonds is 3. The van der Waals surface area contributed by atoms with Crippen LogP contribution in [0.5, 0.6) is 0 Å². The molecule has 1 N–H and O–H groups in total. The standard InChI is InChI=1S/C26H33BrN4O/c1-19-15-20(2)17-23(16-19)28-26(29-25(32)21-7-6-8-22(27)18-21)31-13-11-30(12-14-31)24-9-4-3-5-10-24/h6-8,15-18,24H,3-5,9-14H2,1-2H3,(H,28,29,32). The van der Waals surface area contributed by atoms with Crippen molar-refractivity contribution in [2.45, 2.75) is 52.0 Å². The zero-order chi connectivity index (χ0) is 22.5. The van der Waals surface area contributed by atoms with Crippen molar-refractivity contribution >= 4 is 33.5 Å². The van der Waals surface area contributed by atoms with E-state index in [9.17, 15) is 4.79 Å². The van der Waals surface area contributed by atoms with Gasteiger partial charge in [-0.25, -0.2) is 4.99 Å². The highest BCUT2D eigenvalue weighted by Gasteiger charge is 2.27. The van der Waals surface area contributed by atoms with Crippen molar-refractivity contribution in [2.24, 2.45) is 4.99 Å². The number of halogens is 1. The van der Waals surface area contributed by atoms with E-state index in [0.717, 1.165) is 42.4 Å². The third kappa shape index (κ3) is 5.99. The Hall–Kier alpha value is -2.18. The van der Waals surface area contributed by atoms with Crippen LogP contribution in [0.25, 0.3) is 0 Å². The van der Waals surface area contributed by atoms with Gasteiger partial charge in [0, 0.05) is 42.3 Å². The Morgan fingerprint density at radius 3 is 2.31 bits per heavy atom. The maximum atomic E-state index is 13.0. The van der Waals surface area contributed by atoms with Crippen LogP contribution in [-0.2, 0) is 0 Å². The highest BCUT2D eigenvalue weighted by atomic mass is 79.9. The van der Waals surface area contributed by atoms with Gasteiger partial charge in [-0.05, 0) is 68.1 Å². The van der Waals surface area contributed by atoms with Crippen LogP contribution in [0.1, 0.15) is 53.6 Å². The molecule has 1 aliphatic carbocycles. The van der Waals surface area contributed by atoms with Gasteiger partial charge < -0.3 is 4.90 Å². The summed E-state index contributed by atoms with van der Waals surface area (Å²) in [5.41, 5.74) is 3.84. The van der Waals surface area contributed by atoms with E-state index < -0.39 is 0 Å². The lowest BCUT2D eigenvalue weighted by atomic mass is 9.94. The van der Waals surface area contributed by atoms with Gasteiger partial charge in [0.25, 0.3) is 5.91 Å². The third-order valence-electron chi connectivity index (χ3n) is 6.46. The van der Waals surface area contributed by atoms with Crippen LogP contribution in [0.15, 0.2) is 51.9 Å². The molecule has 1 aliphatic heterocycles. The van der Waals surface area contributed by atoms with Crippen LogP contribution in [-0.4, -0.2) is 53.9 Å². The first-order valence-electron chi connectivity index (χ1n) is 11.7. The molecule has 32 heavy (non-hydrogen) atoms. The van der Waals surface area contributed by atoms with Crippen molar-refractivity contribution in [1.82, 2.24) is 15.1 Å². The molecule has 4 rings (SSSR count). The van der Waals surface area contributed by atoms with Crippen LogP contribution in [0, 0.1) is 13.8 Å². The van der Waals surface area contributed by atoms with Crippen LogP contribution in [0.4, 0.5) is 5.69 Å². The number of hydrogen-bond donors (Lipinski definition) is 1. The maximum Gasteiger partial charge on any atom is 0.258 e. The summed E-state index contributed by atoms with van der Waals surface area (Å²) in [7, 11) is 0. The Bertz CT molecular complexity index is 955. The zero-order valence-electron chi connectivity index (χ0n) is 19.1. The van der Waals surface area contributed by atoms with Gasteiger partial charge in [-0.2, -0.15) is 0 Å². The first-order chi connectivity index (χ1) is 15.5. The predicted molar refractivity (Wildman–Crippen MR) is 135 cm³/mol. The monoisotopic (exact) mass is 496 g/mol. The quantitative estimate of drug-likeness (QED) is 0.454. The van der Waals surface area contributed by atoms with Crippen LogP contribution >= 0.6 is 15.9 Å². The molecule has 0 atom stereocenters. The number of aliphatic imine (C=N–C) groups is 1. The summed E-state index contributed by atoms with van der Waals surface area (Å²) in [5.74, 6) is 0.507. The fraction of sp³-hybridized carbons (Fsp3) is 0.462. The molecule has 6 heteroatoms. The summed E-state index contributed by atoms with van der Waals surface area (Å²) in [6.45, 7) is 7.94. The summed E-state index contributed by atoms with van der Waals surface area (Å²) >= 11 is 3.46. The van der Waals surface area contributed by atoms with Gasteiger partial charge in [-0.15, -0.1) is 0 Å². The number of guanidine groups is 1. The normalized spacial score (nSPS) is 18.6. The molecule has 2 aromatic carbocycles. The lowest BCUT2D eigenvalue weighted by Crippen LogP contribution is -2.55. The number of nitrogens with one attached hydrogen (secondary N) is 1. The van der Waals surface area contributed by atoms with E-state index in [-0.39, 0.29) is 5.91 Å². The van der Waals surface area contributed by atoms with Gasteiger partial charge in [-0.3, -0.25) is 15.0 Å². The molecule has 0 unspecified atom stereocenters. The summed E-state index contributed by atoms with van der Waals surface area (Å²) < 4.78 is 0.888. The van der Waals surface area contributed by atoms with Gasteiger partial charge in [0.2, 0.25) is 5.96 Å². The van der Waals surface area contributed by atoms with Crippen molar-refractivity contribution < 1.29 is 4.79 Å². The topological polar surface area (TPSA) is 47.9 Å². The Labute approximate surface area is 200 Å². The second kappa shape index (κ2) is 10.6. The lowest BCUT2D eigenvalue weighted by molar-refractivity contribution is 0.0943. The number of carbonyl (C=O) groups is 1. The van der Waals surface area contributed by atoms with E-state index in [1.54, 1.807) is 0 Å². The number of benzene rings is 2. The van der Waals surface area contributed by atoms with Gasteiger partial charge in [-0.1, -0.05) is 47.3 Å². The van der Waals surface area contributed by atoms with Crippen LogP contribution < -0.4 is 5.32 Å². The highest BCUT2D eigenvalue weighted by molar-refractivity contribution is 9.10. The van der Waals surface area contributed by atoms with E-state index in [1.807, 2.05) is 24.3 Å². The van der Waals surface area contributed by atoms with Gasteiger partial charge in [0.05, 0.1) is 5.69 Å². The van der Waals surface area contributed by atoms with Crippen molar-refractivity contribution in [3.8, 4) is 0 Å². The molecule has 2 aromatic rings. The number of piperazine rings is 1. The maximum absolute atomic E-state index is 13.0. The summed E-state index contributed by atoms with van der Waals surface area (Å²) in [5, 5.41) is 3.11. The highest BCUT2D eigenvalue weighted by Crippen LogP contribution is 2.24. The second-order valence-electron chi connectivity index (χ2n) is 9.06. The summed E-state index contributed by atoms with van der Waals surface area (Å²) in [4.78, 5) is 22.8. The molecule has 1 saturated carbocycles. The minimum Gasteiger partial charge on any atom is -0.340 e. The minimum absolute atomic E-state index is 0.135. The lowest BCUT2D eigenvalue weighted by Gasteiger charge is -2.41. The molecular weight excluding hydrogens is 464 g/mol. The first kappa shape index (κ1) is 23.0. The van der Waals surface area contributed by atoms with Crippen LogP contribution in [0.2, 0.25) is 0 Å². The third-order valence-corrected chi connectivity index (χ3v) is 6.95. The number of hydrogen-bond acceptors (Lipinski definition) is 3. The number of carbonyl (C=O) groups excluding carboxylic acids is 1. The van der Waals surface area contributed by atoms with Crippen molar-refractivity contribution in [1.29, 1.82) is 0 Å². The molecule has 5 nitrogen and oxygen atoms in total. The van der Waals surface area contributed by atoms with E-state index in [0.29, 0.717) is 11.5 Å². The molecule has 0 bridgehead atoms. The Morgan fingerprint density at radius 2 is 1.66 bits per heavy atom. The first-order valence-corrected chi connectivity index (χ1v) is 12.5. The largest absolute Gasteiger partial charge is 0.340 e. The SMILES string of the molecule is Cc1cc(C)cc(N=C(NC(=O)c2cccc(Br)c2)N2CCN(C3CCCCC3)CC2)c1. The smallest absolute Gasteiger partial charge is 0.258 e. The fourth-order valence-corrected chi connectivity index (χ4v) is 5.26. The number of nitrogens with zero attached hydrogens (tertiary/aromatic N) is 3. The molecule has 0 radical (unpaired) electrons. The van der Waals surface area contributed by atoms with Crippen molar-refractivity contribution in [3.05, 3.63) is 63.6 Å². The molecule has 0 aromatic heterocycles. The van der Waals surface area contributed by atoms with Gasteiger partial charge in [0.15, 0.2) is 0 Å². The molecule has 1 amide bonds. The van der Waals surface area contributed by atoms with Crippen molar-refractivity contribution in [2.75, 3.05) is 26.2 Å². The minimum atomic E-state index is -0.135. The molecule has 170 valence electrons. The van der Waals surface area contributed by atoms with E-state index >= 15 is 0 Å². The molecule has 0 spiro atoms. The molecule has 1 saturated heterocycles. The molecule has 2 fully saturated rings. The number of amides is 1. The Morgan fingerprint density at radius 1 is 0.969 bits per heavy atom. The van der Waals surface area contributed by atoms with E-state index in [4.69, 9.17) is 4.99 Å². The second-order valence-corrected chi connectivity index (χ2v) is 9.98. The van der Waals surface area contributed by atoms with Gasteiger partial charge >= 0.3 is 0 Å². The zero-order valence-corrected chi connectivity index (χ0v) is 20.7. The summed E-state index contributed by atoms with van der Waals surface area (Å²) in [6, 6.07) is 14.5. The average molecular weight is 497 g/mol.